The van der Waals surface area contributed by atoms with Crippen LogP contribution < -0.4 is 0 Å². The molecule has 0 aromatic rings. The van der Waals surface area contributed by atoms with Gasteiger partial charge in [-0.15, -0.1) is 0 Å². The number of hydrogen-bond acceptors (Lipinski definition) is 4. The monoisotopic (exact) mass is 173 g/mol. The molecule has 2 fully saturated rings. The summed E-state index contributed by atoms with van der Waals surface area (Å²) < 4.78 is 21.3. The van der Waals surface area contributed by atoms with Crippen LogP contribution in [-0.4, -0.2) is 39.3 Å². The Kier molecular flexibility index (Phi) is 2.94. The van der Waals surface area contributed by atoms with Gasteiger partial charge in [-0.1, -0.05) is 0 Å². The summed E-state index contributed by atoms with van der Waals surface area (Å²) in [5, 5.41) is 0. The van der Waals surface area contributed by atoms with Crippen LogP contribution in [0.5, 0.6) is 0 Å². The van der Waals surface area contributed by atoms with Gasteiger partial charge in [0.25, 0.3) is 0 Å². The van der Waals surface area contributed by atoms with Crippen LogP contribution in [0.25, 0.3) is 0 Å². The molecular formula is C8H13O4. The highest BCUT2D eigenvalue weighted by atomic mass is 16.7. The summed E-state index contributed by atoms with van der Waals surface area (Å²) >= 11 is 0. The van der Waals surface area contributed by atoms with E-state index in [1.165, 1.54) is 0 Å². The average molecular weight is 173 g/mol. The van der Waals surface area contributed by atoms with E-state index in [1.54, 1.807) is 0 Å². The van der Waals surface area contributed by atoms with Crippen molar-refractivity contribution in [2.24, 2.45) is 0 Å². The van der Waals surface area contributed by atoms with Gasteiger partial charge in [0.1, 0.15) is 0 Å². The minimum absolute atomic E-state index is 0.293. The van der Waals surface area contributed by atoms with Crippen molar-refractivity contribution in [2.45, 2.75) is 12.7 Å². The molecule has 69 valence electrons. The van der Waals surface area contributed by atoms with Gasteiger partial charge < -0.3 is 18.9 Å². The molecule has 0 aliphatic carbocycles. The molecule has 4 heteroatoms. The van der Waals surface area contributed by atoms with Crippen molar-refractivity contribution >= 4 is 0 Å². The summed E-state index contributed by atoms with van der Waals surface area (Å²) in [5.74, 6) is 0. The fourth-order valence-corrected chi connectivity index (χ4v) is 1.26. The second kappa shape index (κ2) is 4.18. The third-order valence-electron chi connectivity index (χ3n) is 1.85. The van der Waals surface area contributed by atoms with E-state index in [2.05, 4.69) is 0 Å². The topological polar surface area (TPSA) is 36.9 Å². The van der Waals surface area contributed by atoms with E-state index in [1.807, 2.05) is 0 Å². The first kappa shape index (κ1) is 8.44. The molecule has 2 aliphatic rings. The van der Waals surface area contributed by atoms with E-state index < -0.39 is 0 Å². The first-order chi connectivity index (χ1) is 5.97. The molecular weight excluding hydrogens is 160 g/mol. The van der Waals surface area contributed by atoms with Gasteiger partial charge in [-0.2, -0.15) is 0 Å². The number of hydrogen-bond donors (Lipinski definition) is 0. The predicted molar refractivity (Wildman–Crippen MR) is 40.3 cm³/mol. The Labute approximate surface area is 71.7 Å². The van der Waals surface area contributed by atoms with Crippen LogP contribution in [0.15, 0.2) is 0 Å². The van der Waals surface area contributed by atoms with Crippen LogP contribution in [0, 0.1) is 6.10 Å². The largest absolute Gasteiger partial charge is 0.376 e. The van der Waals surface area contributed by atoms with Crippen molar-refractivity contribution in [3.8, 4) is 0 Å². The maximum Gasteiger partial charge on any atom is 0.192 e. The van der Waals surface area contributed by atoms with Crippen LogP contribution in [0.2, 0.25) is 0 Å². The Hall–Kier alpha value is -0.160. The van der Waals surface area contributed by atoms with Gasteiger partial charge in [0, 0.05) is 0 Å². The predicted octanol–water partition coefficient (Wildman–Crippen LogP) is 0.328. The first-order valence-corrected chi connectivity index (χ1v) is 4.26. The summed E-state index contributed by atoms with van der Waals surface area (Å²) in [6, 6.07) is 0. The lowest BCUT2D eigenvalue weighted by Gasteiger charge is -2.31. The number of ether oxygens (including phenoxy) is 4. The SMILES string of the molecule is C1COC([C]2COCCO2)OC1. The van der Waals surface area contributed by atoms with Gasteiger partial charge in [-0.25, -0.2) is 0 Å². The molecule has 0 aromatic carbocycles. The van der Waals surface area contributed by atoms with Crippen molar-refractivity contribution in [3.63, 3.8) is 0 Å². The molecule has 0 amide bonds. The van der Waals surface area contributed by atoms with E-state index in [-0.39, 0.29) is 6.29 Å². The van der Waals surface area contributed by atoms with Gasteiger partial charge >= 0.3 is 0 Å². The first-order valence-electron chi connectivity index (χ1n) is 4.26. The lowest BCUT2D eigenvalue weighted by atomic mass is 10.3. The molecule has 0 unspecified atom stereocenters. The highest BCUT2D eigenvalue weighted by Crippen LogP contribution is 2.20. The Morgan fingerprint density at radius 1 is 1.00 bits per heavy atom. The Bertz CT molecular complexity index is 111. The minimum atomic E-state index is -0.293. The van der Waals surface area contributed by atoms with Crippen molar-refractivity contribution in [2.75, 3.05) is 33.0 Å². The lowest BCUT2D eigenvalue weighted by Crippen LogP contribution is -2.37. The fourth-order valence-electron chi connectivity index (χ4n) is 1.26. The molecule has 0 saturated carbocycles. The molecule has 0 bridgehead atoms. The average Bonchev–Trinajstić information content (AvgIpc) is 2.21. The second-order valence-electron chi connectivity index (χ2n) is 2.79. The van der Waals surface area contributed by atoms with Crippen LogP contribution in [0.1, 0.15) is 6.42 Å². The molecule has 0 N–H and O–H groups in total. The smallest absolute Gasteiger partial charge is 0.192 e. The van der Waals surface area contributed by atoms with Gasteiger partial charge in [0.15, 0.2) is 12.4 Å². The molecule has 2 aliphatic heterocycles. The van der Waals surface area contributed by atoms with E-state index in [0.29, 0.717) is 19.8 Å². The summed E-state index contributed by atoms with van der Waals surface area (Å²) in [6.45, 7) is 3.27. The van der Waals surface area contributed by atoms with Crippen molar-refractivity contribution in [3.05, 3.63) is 6.10 Å². The summed E-state index contributed by atoms with van der Waals surface area (Å²) in [7, 11) is 0. The highest BCUT2D eigenvalue weighted by Gasteiger charge is 2.29. The fraction of sp³-hybridized carbons (Fsp3) is 0.875. The molecule has 1 radical (unpaired) electrons. The third-order valence-corrected chi connectivity index (χ3v) is 1.85. The summed E-state index contributed by atoms with van der Waals surface area (Å²) in [5.41, 5.74) is 0. The molecule has 0 atom stereocenters. The third kappa shape index (κ3) is 1.95. The van der Waals surface area contributed by atoms with E-state index in [4.69, 9.17) is 18.9 Å². The zero-order valence-electron chi connectivity index (χ0n) is 6.95. The molecule has 0 aromatic heterocycles. The molecule has 2 rings (SSSR count). The zero-order chi connectivity index (χ0) is 8.23. The van der Waals surface area contributed by atoms with Crippen LogP contribution in [-0.2, 0) is 18.9 Å². The minimum Gasteiger partial charge on any atom is -0.376 e. The quantitative estimate of drug-likeness (QED) is 0.572. The Balaban J connectivity index is 1.80. The van der Waals surface area contributed by atoms with Crippen LogP contribution in [0.3, 0.4) is 0 Å². The molecule has 0 spiro atoms. The maximum absolute atomic E-state index is 5.36. The highest BCUT2D eigenvalue weighted by molar-refractivity contribution is 4.86. The van der Waals surface area contributed by atoms with Crippen molar-refractivity contribution < 1.29 is 18.9 Å². The molecule has 4 nitrogen and oxygen atoms in total. The van der Waals surface area contributed by atoms with Crippen LogP contribution in [0.4, 0.5) is 0 Å². The standard InChI is InChI=1S/C8H13O4/c1-2-11-8(12-3-1)7-6-9-4-5-10-7/h8H,1-6H2. The molecule has 2 saturated heterocycles. The van der Waals surface area contributed by atoms with Gasteiger partial charge in [0.05, 0.1) is 33.0 Å². The van der Waals surface area contributed by atoms with E-state index in [9.17, 15) is 0 Å². The van der Waals surface area contributed by atoms with Gasteiger partial charge in [0.2, 0.25) is 0 Å². The molecule has 2 heterocycles. The van der Waals surface area contributed by atoms with Crippen LogP contribution >= 0.6 is 0 Å². The van der Waals surface area contributed by atoms with Gasteiger partial charge in [-0.3, -0.25) is 0 Å². The number of rotatable bonds is 1. The second-order valence-corrected chi connectivity index (χ2v) is 2.79. The lowest BCUT2D eigenvalue weighted by molar-refractivity contribution is -0.216. The Morgan fingerprint density at radius 3 is 2.50 bits per heavy atom. The molecule has 12 heavy (non-hydrogen) atoms. The Morgan fingerprint density at radius 2 is 1.83 bits per heavy atom. The van der Waals surface area contributed by atoms with E-state index >= 15 is 0 Å². The van der Waals surface area contributed by atoms with Crippen molar-refractivity contribution in [1.29, 1.82) is 0 Å². The maximum atomic E-state index is 5.36. The van der Waals surface area contributed by atoms with Crippen molar-refractivity contribution in [1.82, 2.24) is 0 Å². The summed E-state index contributed by atoms with van der Waals surface area (Å²) in [6.07, 6.45) is 1.45. The normalized spacial score (nSPS) is 29.0. The van der Waals surface area contributed by atoms with E-state index in [0.717, 1.165) is 25.7 Å². The summed E-state index contributed by atoms with van der Waals surface area (Å²) in [4.78, 5) is 0. The zero-order valence-corrected chi connectivity index (χ0v) is 6.95. The van der Waals surface area contributed by atoms with Gasteiger partial charge in [-0.05, 0) is 6.42 Å².